The van der Waals surface area contributed by atoms with Crippen LogP contribution in [0.3, 0.4) is 0 Å². The second-order valence-corrected chi connectivity index (χ2v) is 7.09. The largest absolute Gasteiger partial charge is 0.480 e. The average molecular weight is 382 g/mol. The highest BCUT2D eigenvalue weighted by Gasteiger charge is 2.18. The van der Waals surface area contributed by atoms with Gasteiger partial charge in [-0.25, -0.2) is 0 Å². The van der Waals surface area contributed by atoms with Gasteiger partial charge in [-0.3, -0.25) is 9.69 Å². The minimum Gasteiger partial charge on any atom is -0.480 e. The van der Waals surface area contributed by atoms with Gasteiger partial charge in [-0.1, -0.05) is 73.7 Å². The molecule has 2 aromatic rings. The Hall–Kier alpha value is -2.54. The summed E-state index contributed by atoms with van der Waals surface area (Å²) in [5.74, 6) is 5.74. The van der Waals surface area contributed by atoms with Crippen LogP contribution in [0, 0.1) is 11.8 Å². The molecule has 2 rings (SSSR count). The Kier molecular flexibility index (Phi) is 7.67. The molecule has 140 valence electrons. The summed E-state index contributed by atoms with van der Waals surface area (Å²) < 4.78 is 0. The molecule has 27 heavy (non-hydrogen) atoms. The SMILES string of the molecule is CC(C)c1ccc(C#C/C=C/C(c2ccccc2Cl)N(C)CC(=O)O)cc1. The summed E-state index contributed by atoms with van der Waals surface area (Å²) in [5.41, 5.74) is 3.07. The zero-order chi connectivity index (χ0) is 19.8. The summed E-state index contributed by atoms with van der Waals surface area (Å²) in [5, 5.41) is 9.70. The number of aliphatic carboxylic acids is 1. The van der Waals surface area contributed by atoms with E-state index in [0.717, 1.165) is 11.1 Å². The summed E-state index contributed by atoms with van der Waals surface area (Å²) >= 11 is 6.30. The fourth-order valence-corrected chi connectivity index (χ4v) is 2.98. The molecule has 0 bridgehead atoms. The molecule has 0 aliphatic carbocycles. The maximum atomic E-state index is 11.1. The number of carboxylic acid groups (broad SMARTS) is 1. The van der Waals surface area contributed by atoms with E-state index in [1.165, 1.54) is 5.56 Å². The van der Waals surface area contributed by atoms with E-state index in [4.69, 9.17) is 16.7 Å². The monoisotopic (exact) mass is 381 g/mol. The van der Waals surface area contributed by atoms with Gasteiger partial charge < -0.3 is 5.11 Å². The number of carbonyl (C=O) groups is 1. The minimum atomic E-state index is -0.890. The summed E-state index contributed by atoms with van der Waals surface area (Å²) in [4.78, 5) is 12.8. The van der Waals surface area contributed by atoms with Crippen LogP contribution in [-0.4, -0.2) is 29.6 Å². The lowest BCUT2D eigenvalue weighted by Gasteiger charge is -2.24. The first-order valence-electron chi connectivity index (χ1n) is 8.83. The van der Waals surface area contributed by atoms with Gasteiger partial charge in [0.2, 0.25) is 0 Å². The van der Waals surface area contributed by atoms with E-state index in [2.05, 4.69) is 37.8 Å². The molecule has 0 amide bonds. The number of halogens is 1. The molecule has 0 heterocycles. The van der Waals surface area contributed by atoms with Crippen LogP contribution in [0.2, 0.25) is 5.02 Å². The van der Waals surface area contributed by atoms with Crippen LogP contribution >= 0.6 is 11.6 Å². The molecule has 0 aliphatic heterocycles. The molecule has 0 fully saturated rings. The van der Waals surface area contributed by atoms with Crippen LogP contribution in [0.15, 0.2) is 60.7 Å². The van der Waals surface area contributed by atoms with Crippen LogP contribution in [0.1, 0.15) is 42.5 Å². The van der Waals surface area contributed by atoms with E-state index in [-0.39, 0.29) is 12.6 Å². The van der Waals surface area contributed by atoms with E-state index in [1.54, 1.807) is 24.1 Å². The molecular formula is C23H24ClNO2. The van der Waals surface area contributed by atoms with Gasteiger partial charge in [0.05, 0.1) is 12.6 Å². The molecule has 1 atom stereocenters. The van der Waals surface area contributed by atoms with E-state index in [9.17, 15) is 4.79 Å². The van der Waals surface area contributed by atoms with Gasteiger partial charge in [0, 0.05) is 10.6 Å². The predicted octanol–water partition coefficient (Wildman–Crippen LogP) is 5.13. The normalized spacial score (nSPS) is 12.2. The molecule has 2 aromatic carbocycles. The van der Waals surface area contributed by atoms with Crippen molar-refractivity contribution < 1.29 is 9.90 Å². The third kappa shape index (κ3) is 6.29. The topological polar surface area (TPSA) is 40.5 Å². The van der Waals surface area contributed by atoms with Gasteiger partial charge in [0.1, 0.15) is 0 Å². The van der Waals surface area contributed by atoms with Crippen molar-refractivity contribution >= 4 is 17.6 Å². The summed E-state index contributed by atoms with van der Waals surface area (Å²) in [6, 6.07) is 15.4. The highest BCUT2D eigenvalue weighted by Crippen LogP contribution is 2.27. The molecule has 0 saturated heterocycles. The lowest BCUT2D eigenvalue weighted by atomic mass is 10.0. The third-order valence-corrected chi connectivity index (χ3v) is 4.58. The quantitative estimate of drug-likeness (QED) is 0.705. The van der Waals surface area contributed by atoms with Crippen LogP contribution in [0.4, 0.5) is 0 Å². The van der Waals surface area contributed by atoms with Crippen molar-refractivity contribution in [2.24, 2.45) is 0 Å². The zero-order valence-electron chi connectivity index (χ0n) is 15.8. The van der Waals surface area contributed by atoms with Crippen LogP contribution in [0.5, 0.6) is 0 Å². The molecule has 0 radical (unpaired) electrons. The molecule has 4 heteroatoms. The Morgan fingerprint density at radius 1 is 1.19 bits per heavy atom. The van der Waals surface area contributed by atoms with Crippen molar-refractivity contribution in [3.8, 4) is 11.8 Å². The van der Waals surface area contributed by atoms with Crippen molar-refractivity contribution in [2.45, 2.75) is 25.8 Å². The van der Waals surface area contributed by atoms with Gasteiger partial charge >= 0.3 is 5.97 Å². The Morgan fingerprint density at radius 3 is 2.44 bits per heavy atom. The molecule has 1 unspecified atom stereocenters. The van der Waals surface area contributed by atoms with Crippen molar-refractivity contribution in [3.05, 3.63) is 82.4 Å². The zero-order valence-corrected chi connectivity index (χ0v) is 16.6. The van der Waals surface area contributed by atoms with E-state index in [1.807, 2.05) is 36.4 Å². The Morgan fingerprint density at radius 2 is 1.85 bits per heavy atom. The molecule has 0 spiro atoms. The van der Waals surface area contributed by atoms with E-state index >= 15 is 0 Å². The predicted molar refractivity (Wildman–Crippen MR) is 111 cm³/mol. The number of allylic oxidation sites excluding steroid dienone is 1. The lowest BCUT2D eigenvalue weighted by Crippen LogP contribution is -2.29. The molecular weight excluding hydrogens is 358 g/mol. The first-order valence-corrected chi connectivity index (χ1v) is 9.21. The van der Waals surface area contributed by atoms with Gasteiger partial charge in [0.15, 0.2) is 0 Å². The van der Waals surface area contributed by atoms with Crippen molar-refractivity contribution in [1.82, 2.24) is 4.90 Å². The number of hydrogen-bond donors (Lipinski definition) is 1. The summed E-state index contributed by atoms with van der Waals surface area (Å²) in [7, 11) is 1.75. The number of likely N-dealkylation sites (N-methyl/N-ethyl adjacent to an activating group) is 1. The number of nitrogens with zero attached hydrogens (tertiary/aromatic N) is 1. The Labute approximate surface area is 166 Å². The first-order chi connectivity index (χ1) is 12.9. The highest BCUT2D eigenvalue weighted by atomic mass is 35.5. The highest BCUT2D eigenvalue weighted by molar-refractivity contribution is 6.31. The van der Waals surface area contributed by atoms with Crippen LogP contribution in [-0.2, 0) is 4.79 Å². The molecule has 0 saturated carbocycles. The van der Waals surface area contributed by atoms with Gasteiger partial charge in [0.25, 0.3) is 0 Å². The molecule has 0 aromatic heterocycles. The summed E-state index contributed by atoms with van der Waals surface area (Å²) in [6.45, 7) is 4.22. The maximum Gasteiger partial charge on any atom is 0.317 e. The van der Waals surface area contributed by atoms with Crippen LogP contribution in [0.25, 0.3) is 0 Å². The first kappa shape index (κ1) is 20.8. The van der Waals surface area contributed by atoms with Gasteiger partial charge in [-0.2, -0.15) is 0 Å². The Bertz CT molecular complexity index is 860. The molecule has 0 aliphatic rings. The minimum absolute atomic E-state index is 0.0929. The Balaban J connectivity index is 2.20. The molecule has 3 nitrogen and oxygen atoms in total. The summed E-state index contributed by atoms with van der Waals surface area (Å²) in [6.07, 6.45) is 3.63. The van der Waals surface area contributed by atoms with Crippen LogP contribution < -0.4 is 0 Å². The second kappa shape index (κ2) is 9.97. The number of rotatable bonds is 6. The number of carboxylic acids is 1. The fourth-order valence-electron chi connectivity index (χ4n) is 2.73. The van der Waals surface area contributed by atoms with Gasteiger partial charge in [-0.15, -0.1) is 0 Å². The lowest BCUT2D eigenvalue weighted by molar-refractivity contribution is -0.138. The standard InChI is InChI=1S/C23H24ClNO2/c1-17(2)19-14-12-18(13-15-19)8-4-7-11-22(25(3)16-23(26)27)20-9-5-6-10-21(20)24/h5-7,9-15,17,22H,16H2,1-3H3,(H,26,27)/b11-7+. The number of hydrogen-bond acceptors (Lipinski definition) is 2. The second-order valence-electron chi connectivity index (χ2n) is 6.68. The smallest absolute Gasteiger partial charge is 0.317 e. The van der Waals surface area contributed by atoms with Crippen molar-refractivity contribution in [2.75, 3.05) is 13.6 Å². The third-order valence-electron chi connectivity index (χ3n) is 4.24. The van der Waals surface area contributed by atoms with Gasteiger partial charge in [-0.05, 0) is 48.4 Å². The fraction of sp³-hybridized carbons (Fsp3) is 0.261. The van der Waals surface area contributed by atoms with Crippen molar-refractivity contribution in [3.63, 3.8) is 0 Å². The van der Waals surface area contributed by atoms with E-state index in [0.29, 0.717) is 10.9 Å². The average Bonchev–Trinajstić information content (AvgIpc) is 2.62. The number of benzene rings is 2. The van der Waals surface area contributed by atoms with E-state index < -0.39 is 5.97 Å². The molecule has 1 N–H and O–H groups in total. The van der Waals surface area contributed by atoms with Crippen molar-refractivity contribution in [1.29, 1.82) is 0 Å². The maximum absolute atomic E-state index is 11.1.